The molecule has 0 radical (unpaired) electrons. The highest BCUT2D eigenvalue weighted by Crippen LogP contribution is 2.38. The van der Waals surface area contributed by atoms with Crippen LogP contribution in [0.1, 0.15) is 65.7 Å². The summed E-state index contributed by atoms with van der Waals surface area (Å²) in [7, 11) is 0. The lowest BCUT2D eigenvalue weighted by molar-refractivity contribution is 0.102. The molecule has 1 aliphatic carbocycles. The van der Waals surface area contributed by atoms with Crippen LogP contribution in [0.4, 0.5) is 14.9 Å². The van der Waals surface area contributed by atoms with Crippen LogP contribution in [-0.2, 0) is 13.0 Å². The van der Waals surface area contributed by atoms with Crippen LogP contribution in [0.2, 0.25) is 0 Å². The molecule has 7 nitrogen and oxygen atoms in total. The SMILES string of the molecule is CCc1ccc(C(=O)Nc2ccc(-c3cc(C4CCCC4)n(C(=O)NCc4cccc(F)c4)n3)c(O)c2)cc1. The van der Waals surface area contributed by atoms with Gasteiger partial charge in [0.15, 0.2) is 0 Å². The Labute approximate surface area is 226 Å². The van der Waals surface area contributed by atoms with Crippen LogP contribution in [0, 0.1) is 5.82 Å². The van der Waals surface area contributed by atoms with Gasteiger partial charge in [0.2, 0.25) is 0 Å². The number of nitrogens with one attached hydrogen (secondary N) is 2. The van der Waals surface area contributed by atoms with E-state index >= 15 is 0 Å². The van der Waals surface area contributed by atoms with E-state index in [-0.39, 0.29) is 29.9 Å². The lowest BCUT2D eigenvalue weighted by Gasteiger charge is -2.12. The molecule has 4 aromatic rings. The first-order chi connectivity index (χ1) is 18.9. The molecule has 0 unspecified atom stereocenters. The molecule has 0 spiro atoms. The lowest BCUT2D eigenvalue weighted by atomic mass is 10.0. The molecular weight excluding hydrogens is 495 g/mol. The fraction of sp³-hybridized carbons (Fsp3) is 0.258. The zero-order valence-corrected chi connectivity index (χ0v) is 21.8. The van der Waals surface area contributed by atoms with Crippen LogP contribution in [-0.4, -0.2) is 26.8 Å². The number of aryl methyl sites for hydroxylation is 1. The molecular formula is C31H31FN4O3. The normalized spacial score (nSPS) is 13.4. The summed E-state index contributed by atoms with van der Waals surface area (Å²) >= 11 is 0. The summed E-state index contributed by atoms with van der Waals surface area (Å²) in [6.45, 7) is 2.22. The molecule has 8 heteroatoms. The van der Waals surface area contributed by atoms with Gasteiger partial charge in [-0.15, -0.1) is 0 Å². The second-order valence-electron chi connectivity index (χ2n) is 9.87. The van der Waals surface area contributed by atoms with E-state index in [2.05, 4.69) is 22.7 Å². The summed E-state index contributed by atoms with van der Waals surface area (Å²) in [6, 6.07) is 19.8. The van der Waals surface area contributed by atoms with Crippen molar-refractivity contribution in [3.8, 4) is 17.0 Å². The molecule has 0 saturated heterocycles. The Bertz CT molecular complexity index is 1490. The number of nitrogens with zero attached hydrogens (tertiary/aromatic N) is 2. The fourth-order valence-corrected chi connectivity index (χ4v) is 5.02. The van der Waals surface area contributed by atoms with Crippen molar-refractivity contribution in [2.75, 3.05) is 5.32 Å². The first-order valence-corrected chi connectivity index (χ1v) is 13.3. The van der Waals surface area contributed by atoms with Crippen molar-refractivity contribution < 1.29 is 19.1 Å². The van der Waals surface area contributed by atoms with Crippen molar-refractivity contribution in [2.45, 2.75) is 51.5 Å². The van der Waals surface area contributed by atoms with E-state index in [1.807, 2.05) is 18.2 Å². The largest absolute Gasteiger partial charge is 0.507 e. The topological polar surface area (TPSA) is 96.3 Å². The number of carbonyl (C=O) groups excluding carboxylic acids is 2. The van der Waals surface area contributed by atoms with Gasteiger partial charge in [-0.3, -0.25) is 4.79 Å². The Kier molecular flexibility index (Phi) is 7.72. The minimum absolute atomic E-state index is 0.0584. The van der Waals surface area contributed by atoms with Gasteiger partial charge >= 0.3 is 6.03 Å². The lowest BCUT2D eigenvalue weighted by Crippen LogP contribution is -2.30. The van der Waals surface area contributed by atoms with Gasteiger partial charge in [0.05, 0.1) is 11.4 Å². The number of benzene rings is 3. The Balaban J connectivity index is 1.36. The molecule has 3 N–H and O–H groups in total. The quantitative estimate of drug-likeness (QED) is 0.252. The smallest absolute Gasteiger partial charge is 0.342 e. The number of carbonyl (C=O) groups is 2. The number of hydrogen-bond donors (Lipinski definition) is 3. The maximum absolute atomic E-state index is 13.5. The molecule has 2 amide bonds. The minimum atomic E-state index is -0.412. The highest BCUT2D eigenvalue weighted by molar-refractivity contribution is 6.04. The van der Waals surface area contributed by atoms with Gasteiger partial charge in [0.1, 0.15) is 11.6 Å². The fourth-order valence-electron chi connectivity index (χ4n) is 5.02. The third-order valence-electron chi connectivity index (χ3n) is 7.19. The maximum atomic E-state index is 13.5. The second-order valence-corrected chi connectivity index (χ2v) is 9.87. The summed E-state index contributed by atoms with van der Waals surface area (Å²) in [6.07, 6.45) is 4.97. The molecule has 1 aliphatic rings. The van der Waals surface area contributed by atoms with Gasteiger partial charge in [-0.2, -0.15) is 9.78 Å². The van der Waals surface area contributed by atoms with Crippen molar-refractivity contribution >= 4 is 17.6 Å². The first-order valence-electron chi connectivity index (χ1n) is 13.3. The molecule has 1 aromatic heterocycles. The van der Waals surface area contributed by atoms with Crippen molar-refractivity contribution in [3.63, 3.8) is 0 Å². The Morgan fingerprint density at radius 1 is 1.00 bits per heavy atom. The molecule has 1 saturated carbocycles. The third-order valence-corrected chi connectivity index (χ3v) is 7.19. The number of anilines is 1. The van der Waals surface area contributed by atoms with Gasteiger partial charge in [-0.1, -0.05) is 44.0 Å². The molecule has 3 aromatic carbocycles. The molecule has 5 rings (SSSR count). The summed E-state index contributed by atoms with van der Waals surface area (Å²) in [4.78, 5) is 25.8. The van der Waals surface area contributed by atoms with Crippen LogP contribution in [0.25, 0.3) is 11.3 Å². The number of rotatable bonds is 7. The molecule has 0 atom stereocenters. The summed E-state index contributed by atoms with van der Waals surface area (Å²) in [5, 5.41) is 21.0. The highest BCUT2D eigenvalue weighted by Gasteiger charge is 2.26. The number of halogens is 1. The molecule has 39 heavy (non-hydrogen) atoms. The van der Waals surface area contributed by atoms with Gasteiger partial charge in [0.25, 0.3) is 5.91 Å². The van der Waals surface area contributed by atoms with Crippen LogP contribution >= 0.6 is 0 Å². The maximum Gasteiger partial charge on any atom is 0.342 e. The molecule has 200 valence electrons. The zero-order valence-electron chi connectivity index (χ0n) is 21.8. The average molecular weight is 527 g/mol. The van der Waals surface area contributed by atoms with E-state index in [1.165, 1.54) is 22.9 Å². The van der Waals surface area contributed by atoms with E-state index in [4.69, 9.17) is 0 Å². The van der Waals surface area contributed by atoms with Crippen LogP contribution < -0.4 is 10.6 Å². The first kappa shape index (κ1) is 26.2. The van der Waals surface area contributed by atoms with Crippen molar-refractivity contribution in [2.24, 2.45) is 0 Å². The molecule has 1 fully saturated rings. The van der Waals surface area contributed by atoms with Crippen molar-refractivity contribution in [1.29, 1.82) is 0 Å². The standard InChI is InChI=1S/C31H31FN4O3/c1-2-20-10-12-23(13-11-20)30(38)34-25-14-15-26(29(37)17-25)27-18-28(22-7-3-4-8-22)36(35-27)31(39)33-19-21-6-5-9-24(32)16-21/h5-6,9-18,22,37H,2-4,7-8,19H2,1H3,(H,33,39)(H,34,38). The van der Waals surface area contributed by atoms with Gasteiger partial charge < -0.3 is 15.7 Å². The predicted molar refractivity (Wildman–Crippen MR) is 148 cm³/mol. The van der Waals surface area contributed by atoms with Crippen molar-refractivity contribution in [1.82, 2.24) is 15.1 Å². The molecule has 0 aliphatic heterocycles. The van der Waals surface area contributed by atoms with E-state index in [1.54, 1.807) is 36.4 Å². The van der Waals surface area contributed by atoms with E-state index in [0.29, 0.717) is 28.1 Å². The Morgan fingerprint density at radius 2 is 1.77 bits per heavy atom. The number of phenolic OH excluding ortho intramolecular Hbond substituents is 1. The van der Waals surface area contributed by atoms with Crippen molar-refractivity contribution in [3.05, 3.63) is 101 Å². The number of amides is 2. The van der Waals surface area contributed by atoms with Gasteiger partial charge in [0, 0.05) is 35.3 Å². The Morgan fingerprint density at radius 3 is 2.46 bits per heavy atom. The number of phenols is 1. The van der Waals surface area contributed by atoms with E-state index in [9.17, 15) is 19.1 Å². The van der Waals surface area contributed by atoms with Crippen LogP contribution in [0.3, 0.4) is 0 Å². The van der Waals surface area contributed by atoms with E-state index in [0.717, 1.165) is 43.4 Å². The third kappa shape index (κ3) is 6.00. The summed E-state index contributed by atoms with van der Waals surface area (Å²) < 4.78 is 14.9. The summed E-state index contributed by atoms with van der Waals surface area (Å²) in [5.41, 5.74) is 4.47. The second kappa shape index (κ2) is 11.5. The predicted octanol–water partition coefficient (Wildman–Crippen LogP) is 6.63. The zero-order chi connectivity index (χ0) is 27.4. The van der Waals surface area contributed by atoms with Gasteiger partial charge in [-0.05, 0) is 72.9 Å². The minimum Gasteiger partial charge on any atom is -0.507 e. The van der Waals surface area contributed by atoms with Crippen LogP contribution in [0.15, 0.2) is 72.8 Å². The highest BCUT2D eigenvalue weighted by atomic mass is 19.1. The average Bonchev–Trinajstić information content (AvgIpc) is 3.62. The van der Waals surface area contributed by atoms with Crippen LogP contribution in [0.5, 0.6) is 5.75 Å². The number of aromatic hydroxyl groups is 1. The number of aromatic nitrogens is 2. The number of hydrogen-bond acceptors (Lipinski definition) is 4. The van der Waals surface area contributed by atoms with Gasteiger partial charge in [-0.25, -0.2) is 9.18 Å². The Hall–Kier alpha value is -4.46. The molecule has 1 heterocycles. The van der Waals surface area contributed by atoms with E-state index < -0.39 is 6.03 Å². The molecule has 0 bridgehead atoms. The summed E-state index contributed by atoms with van der Waals surface area (Å²) in [5.74, 6) is -0.505. The monoisotopic (exact) mass is 526 g/mol.